The quantitative estimate of drug-likeness (QED) is 0.553. The molecule has 2 nitrogen and oxygen atoms in total. The number of ketones is 1. The fraction of sp³-hybridized carbons (Fsp3) is 0.700. The van der Waals surface area contributed by atoms with Gasteiger partial charge in [0.1, 0.15) is 0 Å². The molecule has 1 saturated heterocycles. The van der Waals surface area contributed by atoms with Gasteiger partial charge in [0, 0.05) is 12.6 Å². The number of rotatable bonds is 1. The van der Waals surface area contributed by atoms with Crippen molar-refractivity contribution in [1.29, 1.82) is 0 Å². The molecule has 0 radical (unpaired) electrons. The predicted molar refractivity (Wildman–Crippen MR) is 50.1 cm³/mol. The summed E-state index contributed by atoms with van der Waals surface area (Å²) in [5.41, 5.74) is 1.31. The first-order chi connectivity index (χ1) is 5.59. The van der Waals surface area contributed by atoms with E-state index in [2.05, 4.69) is 18.9 Å². The second kappa shape index (κ2) is 3.85. The van der Waals surface area contributed by atoms with Crippen molar-refractivity contribution in [1.82, 2.24) is 4.90 Å². The van der Waals surface area contributed by atoms with E-state index in [1.807, 2.05) is 0 Å². The van der Waals surface area contributed by atoms with Gasteiger partial charge in [0.2, 0.25) is 0 Å². The summed E-state index contributed by atoms with van der Waals surface area (Å²) in [6.45, 7) is 4.91. The lowest BCUT2D eigenvalue weighted by Gasteiger charge is -2.31. The van der Waals surface area contributed by atoms with Gasteiger partial charge in [0.25, 0.3) is 0 Å². The van der Waals surface area contributed by atoms with E-state index in [-0.39, 0.29) is 5.78 Å². The van der Waals surface area contributed by atoms with Crippen molar-refractivity contribution in [3.05, 3.63) is 11.6 Å². The lowest BCUT2D eigenvalue weighted by molar-refractivity contribution is -0.112. The van der Waals surface area contributed by atoms with E-state index in [0.29, 0.717) is 6.04 Å². The van der Waals surface area contributed by atoms with Crippen LogP contribution in [0, 0.1) is 0 Å². The van der Waals surface area contributed by atoms with Crippen LogP contribution in [-0.4, -0.2) is 30.3 Å². The molecule has 0 saturated carbocycles. The van der Waals surface area contributed by atoms with Crippen molar-refractivity contribution < 1.29 is 4.79 Å². The maximum absolute atomic E-state index is 10.8. The van der Waals surface area contributed by atoms with Gasteiger partial charge in [0.05, 0.1) is 0 Å². The van der Waals surface area contributed by atoms with E-state index < -0.39 is 0 Å². The maximum atomic E-state index is 10.8. The predicted octanol–water partition coefficient (Wildman–Crippen LogP) is 1.62. The Morgan fingerprint density at radius 1 is 1.67 bits per heavy atom. The lowest BCUT2D eigenvalue weighted by atomic mass is 9.97. The summed E-state index contributed by atoms with van der Waals surface area (Å²) < 4.78 is 0. The van der Waals surface area contributed by atoms with Crippen molar-refractivity contribution in [2.45, 2.75) is 32.7 Å². The largest absolute Gasteiger partial charge is 0.303 e. The molecule has 1 aliphatic heterocycles. The molecule has 1 unspecified atom stereocenters. The van der Waals surface area contributed by atoms with Crippen LogP contribution in [0.3, 0.4) is 0 Å². The fourth-order valence-electron chi connectivity index (χ4n) is 1.60. The number of nitrogens with zero attached hydrogens (tertiary/aromatic N) is 1. The third kappa shape index (κ3) is 2.45. The Hall–Kier alpha value is -0.630. The van der Waals surface area contributed by atoms with Gasteiger partial charge in [-0.1, -0.05) is 5.57 Å². The van der Waals surface area contributed by atoms with Crippen molar-refractivity contribution in [3.63, 3.8) is 0 Å². The molecule has 0 aromatic heterocycles. The Kier molecular flexibility index (Phi) is 3.04. The van der Waals surface area contributed by atoms with Gasteiger partial charge in [-0.15, -0.1) is 0 Å². The third-order valence-corrected chi connectivity index (χ3v) is 2.50. The summed E-state index contributed by atoms with van der Waals surface area (Å²) in [7, 11) is 2.13. The number of allylic oxidation sites excluding steroid dienone is 1. The Bertz CT molecular complexity index is 208. The number of likely N-dealkylation sites (tertiary alicyclic amines) is 1. The highest BCUT2D eigenvalue weighted by atomic mass is 16.1. The molecule has 1 aliphatic rings. The van der Waals surface area contributed by atoms with Gasteiger partial charge in [-0.3, -0.25) is 4.79 Å². The lowest BCUT2D eigenvalue weighted by Crippen LogP contribution is -2.34. The van der Waals surface area contributed by atoms with Gasteiger partial charge in [0.15, 0.2) is 5.78 Å². The van der Waals surface area contributed by atoms with Crippen LogP contribution in [0.15, 0.2) is 11.6 Å². The van der Waals surface area contributed by atoms with Crippen LogP contribution >= 0.6 is 0 Å². The highest BCUT2D eigenvalue weighted by molar-refractivity contribution is 5.87. The minimum atomic E-state index is 0.182. The molecule has 0 aromatic carbocycles. The second-order valence-corrected chi connectivity index (χ2v) is 3.70. The van der Waals surface area contributed by atoms with Crippen LogP contribution in [0.1, 0.15) is 26.7 Å². The molecule has 0 aromatic rings. The number of hydrogen-bond acceptors (Lipinski definition) is 2. The molecule has 0 aliphatic carbocycles. The molecular formula is C10H17NO. The molecular weight excluding hydrogens is 150 g/mol. The standard InChI is InChI=1S/C10H17NO/c1-8-6-10(7-9(2)12)4-5-11(8)3/h7-8H,4-6H2,1-3H3/b10-7+. The monoisotopic (exact) mass is 167 g/mol. The van der Waals surface area contributed by atoms with E-state index >= 15 is 0 Å². The van der Waals surface area contributed by atoms with Gasteiger partial charge in [-0.25, -0.2) is 0 Å². The van der Waals surface area contributed by atoms with Crippen LogP contribution in [0.4, 0.5) is 0 Å². The number of carbonyl (C=O) groups excluding carboxylic acids is 1. The SMILES string of the molecule is CC(=O)/C=C1\CCN(C)C(C)C1. The summed E-state index contributed by atoms with van der Waals surface area (Å²) in [4.78, 5) is 13.1. The van der Waals surface area contributed by atoms with Crippen LogP contribution in [0.25, 0.3) is 0 Å². The molecule has 0 bridgehead atoms. The molecule has 0 N–H and O–H groups in total. The summed E-state index contributed by atoms with van der Waals surface area (Å²) >= 11 is 0. The van der Waals surface area contributed by atoms with Crippen molar-refractivity contribution in [2.75, 3.05) is 13.6 Å². The molecule has 1 atom stereocenters. The van der Waals surface area contributed by atoms with Crippen molar-refractivity contribution >= 4 is 5.78 Å². The maximum Gasteiger partial charge on any atom is 0.152 e. The van der Waals surface area contributed by atoms with E-state index in [9.17, 15) is 4.79 Å². The topological polar surface area (TPSA) is 20.3 Å². The van der Waals surface area contributed by atoms with Crippen molar-refractivity contribution in [2.24, 2.45) is 0 Å². The molecule has 1 heterocycles. The molecule has 0 amide bonds. The number of piperidine rings is 1. The van der Waals surface area contributed by atoms with E-state index in [0.717, 1.165) is 19.4 Å². The first kappa shape index (κ1) is 9.46. The Balaban J connectivity index is 2.56. The van der Waals surface area contributed by atoms with Gasteiger partial charge in [-0.05, 0) is 39.8 Å². The zero-order valence-corrected chi connectivity index (χ0v) is 8.13. The van der Waals surface area contributed by atoms with Crippen LogP contribution < -0.4 is 0 Å². The minimum absolute atomic E-state index is 0.182. The average molecular weight is 167 g/mol. The minimum Gasteiger partial charge on any atom is -0.303 e. The third-order valence-electron chi connectivity index (χ3n) is 2.50. The normalized spacial score (nSPS) is 29.2. The summed E-state index contributed by atoms with van der Waals surface area (Å²) in [5, 5.41) is 0. The number of hydrogen-bond donors (Lipinski definition) is 0. The Labute approximate surface area is 74.2 Å². The summed E-state index contributed by atoms with van der Waals surface area (Å²) in [5.74, 6) is 0.182. The molecule has 0 spiro atoms. The van der Waals surface area contributed by atoms with Crippen LogP contribution in [-0.2, 0) is 4.79 Å². The smallest absolute Gasteiger partial charge is 0.152 e. The van der Waals surface area contributed by atoms with Crippen molar-refractivity contribution in [3.8, 4) is 0 Å². The molecule has 1 fully saturated rings. The first-order valence-corrected chi connectivity index (χ1v) is 4.50. The fourth-order valence-corrected chi connectivity index (χ4v) is 1.60. The zero-order valence-electron chi connectivity index (χ0n) is 8.13. The molecule has 12 heavy (non-hydrogen) atoms. The van der Waals surface area contributed by atoms with Gasteiger partial charge >= 0.3 is 0 Å². The Morgan fingerprint density at radius 2 is 2.33 bits per heavy atom. The van der Waals surface area contributed by atoms with Gasteiger partial charge in [-0.2, -0.15) is 0 Å². The Morgan fingerprint density at radius 3 is 2.83 bits per heavy atom. The summed E-state index contributed by atoms with van der Waals surface area (Å²) in [6.07, 6.45) is 3.90. The van der Waals surface area contributed by atoms with Gasteiger partial charge < -0.3 is 4.90 Å². The molecule has 1 rings (SSSR count). The highest BCUT2D eigenvalue weighted by Gasteiger charge is 2.17. The number of carbonyl (C=O) groups is 1. The molecule has 2 heteroatoms. The van der Waals surface area contributed by atoms with Crippen LogP contribution in [0.2, 0.25) is 0 Å². The average Bonchev–Trinajstić information content (AvgIpc) is 1.96. The van der Waals surface area contributed by atoms with E-state index in [1.165, 1.54) is 5.57 Å². The van der Waals surface area contributed by atoms with E-state index in [1.54, 1.807) is 13.0 Å². The zero-order chi connectivity index (χ0) is 9.14. The summed E-state index contributed by atoms with van der Waals surface area (Å²) in [6, 6.07) is 0.587. The second-order valence-electron chi connectivity index (χ2n) is 3.70. The highest BCUT2D eigenvalue weighted by Crippen LogP contribution is 2.20. The van der Waals surface area contributed by atoms with Crippen LogP contribution in [0.5, 0.6) is 0 Å². The molecule has 68 valence electrons. The van der Waals surface area contributed by atoms with E-state index in [4.69, 9.17) is 0 Å². The first-order valence-electron chi connectivity index (χ1n) is 4.50.